The second-order valence-electron chi connectivity index (χ2n) is 6.00. The largest absolute Gasteiger partial charge is 0.497 e. The van der Waals surface area contributed by atoms with Crippen LogP contribution in [0.15, 0.2) is 48.0 Å². The zero-order chi connectivity index (χ0) is 21.0. The van der Waals surface area contributed by atoms with Gasteiger partial charge in [0.1, 0.15) is 11.3 Å². The molecule has 29 heavy (non-hydrogen) atoms. The molecule has 0 aliphatic carbocycles. The minimum Gasteiger partial charge on any atom is -0.497 e. The number of ether oxygens (including phenoxy) is 3. The van der Waals surface area contributed by atoms with Crippen LogP contribution in [0.1, 0.15) is 12.5 Å². The van der Waals surface area contributed by atoms with Crippen molar-refractivity contribution < 1.29 is 28.6 Å². The third-order valence-electron chi connectivity index (χ3n) is 4.23. The van der Waals surface area contributed by atoms with E-state index in [0.717, 1.165) is 4.90 Å². The minimum absolute atomic E-state index is 0.174. The number of urea groups is 1. The summed E-state index contributed by atoms with van der Waals surface area (Å²) in [4.78, 5) is 38.4. The Kier molecular flexibility index (Phi) is 5.82. The van der Waals surface area contributed by atoms with E-state index < -0.39 is 17.8 Å². The molecule has 1 N–H and O–H groups in total. The van der Waals surface area contributed by atoms with Crippen LogP contribution < -0.4 is 24.4 Å². The number of imide groups is 2. The molecule has 4 amide bonds. The number of anilines is 1. The lowest BCUT2D eigenvalue weighted by atomic mass is 10.1. The molecule has 1 aliphatic rings. The molecule has 8 heteroatoms. The van der Waals surface area contributed by atoms with Gasteiger partial charge in [0.05, 0.1) is 26.5 Å². The Morgan fingerprint density at radius 1 is 0.966 bits per heavy atom. The van der Waals surface area contributed by atoms with E-state index in [1.54, 1.807) is 42.5 Å². The molecule has 0 saturated carbocycles. The maximum atomic E-state index is 12.9. The minimum atomic E-state index is -0.813. The van der Waals surface area contributed by atoms with Crippen LogP contribution >= 0.6 is 0 Å². The van der Waals surface area contributed by atoms with E-state index in [-0.39, 0.29) is 5.57 Å². The Morgan fingerprint density at radius 3 is 2.31 bits per heavy atom. The van der Waals surface area contributed by atoms with Crippen molar-refractivity contribution in [3.8, 4) is 17.2 Å². The quantitative estimate of drug-likeness (QED) is 0.596. The van der Waals surface area contributed by atoms with Crippen LogP contribution in [0.5, 0.6) is 17.2 Å². The average Bonchev–Trinajstić information content (AvgIpc) is 2.72. The number of barbiturate groups is 1. The van der Waals surface area contributed by atoms with Gasteiger partial charge < -0.3 is 14.2 Å². The van der Waals surface area contributed by atoms with Gasteiger partial charge in [-0.15, -0.1) is 0 Å². The van der Waals surface area contributed by atoms with E-state index in [2.05, 4.69) is 5.32 Å². The molecule has 2 aromatic carbocycles. The number of benzene rings is 2. The third kappa shape index (κ3) is 4.06. The van der Waals surface area contributed by atoms with Gasteiger partial charge >= 0.3 is 6.03 Å². The van der Waals surface area contributed by atoms with Crippen molar-refractivity contribution in [3.05, 3.63) is 53.6 Å². The number of hydrogen-bond donors (Lipinski definition) is 1. The highest BCUT2D eigenvalue weighted by atomic mass is 16.5. The summed E-state index contributed by atoms with van der Waals surface area (Å²) < 4.78 is 15.8. The highest BCUT2D eigenvalue weighted by Crippen LogP contribution is 2.30. The summed E-state index contributed by atoms with van der Waals surface area (Å²) in [5.41, 5.74) is 0.690. The van der Waals surface area contributed by atoms with Crippen LogP contribution in [0.25, 0.3) is 6.08 Å². The number of rotatable bonds is 6. The zero-order valence-electron chi connectivity index (χ0n) is 16.2. The Labute approximate surface area is 167 Å². The lowest BCUT2D eigenvalue weighted by Gasteiger charge is -2.26. The van der Waals surface area contributed by atoms with Gasteiger partial charge in [0.15, 0.2) is 11.5 Å². The molecule has 0 unspecified atom stereocenters. The van der Waals surface area contributed by atoms with Gasteiger partial charge in [0.2, 0.25) is 0 Å². The second-order valence-corrected chi connectivity index (χ2v) is 6.00. The van der Waals surface area contributed by atoms with Gasteiger partial charge in [0.25, 0.3) is 11.8 Å². The predicted molar refractivity (Wildman–Crippen MR) is 106 cm³/mol. The van der Waals surface area contributed by atoms with Crippen LogP contribution in [-0.2, 0) is 9.59 Å². The predicted octanol–water partition coefficient (Wildman–Crippen LogP) is 2.77. The van der Waals surface area contributed by atoms with Crippen molar-refractivity contribution in [1.29, 1.82) is 0 Å². The first-order valence-corrected chi connectivity index (χ1v) is 8.84. The molecule has 1 saturated heterocycles. The summed E-state index contributed by atoms with van der Waals surface area (Å²) in [6, 6.07) is 10.6. The van der Waals surface area contributed by atoms with Gasteiger partial charge in [-0.3, -0.25) is 14.9 Å². The van der Waals surface area contributed by atoms with Crippen LogP contribution in [-0.4, -0.2) is 38.7 Å². The van der Waals surface area contributed by atoms with Crippen molar-refractivity contribution >= 4 is 29.6 Å². The SMILES string of the molecule is CCOc1ccc(/C=C2\C(=O)NC(=O)N(c3ccc(OC)cc3)C2=O)cc1OC. The fraction of sp³-hybridized carbons (Fsp3) is 0.190. The van der Waals surface area contributed by atoms with Crippen molar-refractivity contribution in [2.75, 3.05) is 25.7 Å². The molecule has 1 aliphatic heterocycles. The van der Waals surface area contributed by atoms with Crippen molar-refractivity contribution in [2.45, 2.75) is 6.92 Å². The number of nitrogens with zero attached hydrogens (tertiary/aromatic N) is 1. The van der Waals surface area contributed by atoms with Crippen molar-refractivity contribution in [2.24, 2.45) is 0 Å². The first-order chi connectivity index (χ1) is 14.0. The smallest absolute Gasteiger partial charge is 0.335 e. The highest BCUT2D eigenvalue weighted by molar-refractivity contribution is 6.39. The van der Waals surface area contributed by atoms with Crippen LogP contribution in [0, 0.1) is 0 Å². The van der Waals surface area contributed by atoms with Gasteiger partial charge in [-0.05, 0) is 55.0 Å². The first-order valence-electron chi connectivity index (χ1n) is 8.84. The fourth-order valence-electron chi connectivity index (χ4n) is 2.84. The molecular formula is C21H20N2O6. The van der Waals surface area contributed by atoms with Gasteiger partial charge in [-0.25, -0.2) is 9.69 Å². The lowest BCUT2D eigenvalue weighted by molar-refractivity contribution is -0.122. The van der Waals surface area contributed by atoms with E-state index in [9.17, 15) is 14.4 Å². The topological polar surface area (TPSA) is 94.2 Å². The van der Waals surface area contributed by atoms with Crippen molar-refractivity contribution in [3.63, 3.8) is 0 Å². The molecule has 1 fully saturated rings. The number of amides is 4. The average molecular weight is 396 g/mol. The molecule has 0 radical (unpaired) electrons. The number of nitrogens with one attached hydrogen (secondary N) is 1. The summed E-state index contributed by atoms with van der Waals surface area (Å²) >= 11 is 0. The summed E-state index contributed by atoms with van der Waals surface area (Å²) in [7, 11) is 3.01. The Morgan fingerprint density at radius 2 is 1.69 bits per heavy atom. The van der Waals surface area contributed by atoms with Crippen LogP contribution in [0.3, 0.4) is 0 Å². The fourth-order valence-corrected chi connectivity index (χ4v) is 2.84. The van der Waals surface area contributed by atoms with E-state index in [1.165, 1.54) is 20.3 Å². The van der Waals surface area contributed by atoms with E-state index in [4.69, 9.17) is 14.2 Å². The molecule has 150 valence electrons. The first kappa shape index (κ1) is 19.9. The Balaban J connectivity index is 1.96. The molecule has 2 aromatic rings. The standard InChI is InChI=1S/C21H20N2O6/c1-4-29-17-10-5-13(12-18(17)28-3)11-16-19(24)22-21(26)23(20(16)25)14-6-8-15(27-2)9-7-14/h5-12H,4H2,1-3H3,(H,22,24,26)/b16-11+. The molecule has 0 spiro atoms. The number of methoxy groups -OCH3 is 2. The molecule has 3 rings (SSSR count). The van der Waals surface area contributed by atoms with E-state index in [1.807, 2.05) is 6.92 Å². The molecule has 1 heterocycles. The van der Waals surface area contributed by atoms with Gasteiger partial charge in [-0.2, -0.15) is 0 Å². The highest BCUT2D eigenvalue weighted by Gasteiger charge is 2.36. The number of carbonyl (C=O) groups excluding carboxylic acids is 3. The summed E-state index contributed by atoms with van der Waals surface area (Å²) in [5, 5.41) is 2.19. The van der Waals surface area contributed by atoms with E-state index in [0.29, 0.717) is 35.1 Å². The molecule has 8 nitrogen and oxygen atoms in total. The Bertz CT molecular complexity index is 981. The maximum absolute atomic E-state index is 12.9. The zero-order valence-corrected chi connectivity index (χ0v) is 16.2. The second kappa shape index (κ2) is 8.47. The van der Waals surface area contributed by atoms with Gasteiger partial charge in [-0.1, -0.05) is 6.07 Å². The van der Waals surface area contributed by atoms with Crippen LogP contribution in [0.4, 0.5) is 10.5 Å². The monoisotopic (exact) mass is 396 g/mol. The summed E-state index contributed by atoms with van der Waals surface area (Å²) in [6.45, 7) is 2.32. The molecule has 0 aromatic heterocycles. The third-order valence-corrected chi connectivity index (χ3v) is 4.23. The van der Waals surface area contributed by atoms with E-state index >= 15 is 0 Å². The number of carbonyl (C=O) groups is 3. The van der Waals surface area contributed by atoms with Crippen molar-refractivity contribution in [1.82, 2.24) is 5.32 Å². The lowest BCUT2D eigenvalue weighted by Crippen LogP contribution is -2.54. The molecule has 0 atom stereocenters. The Hall–Kier alpha value is -3.81. The number of hydrogen-bond acceptors (Lipinski definition) is 6. The van der Waals surface area contributed by atoms with Gasteiger partial charge in [0, 0.05) is 0 Å². The summed E-state index contributed by atoms with van der Waals surface area (Å²) in [6.07, 6.45) is 1.40. The maximum Gasteiger partial charge on any atom is 0.335 e. The normalized spacial score (nSPS) is 15.3. The van der Waals surface area contributed by atoms with Crippen LogP contribution in [0.2, 0.25) is 0 Å². The molecule has 0 bridgehead atoms. The molecular weight excluding hydrogens is 376 g/mol. The summed E-state index contributed by atoms with van der Waals surface area (Å²) in [5.74, 6) is 0.0980.